The van der Waals surface area contributed by atoms with Gasteiger partial charge in [-0.2, -0.15) is 0 Å². The molecule has 2 saturated heterocycles. The first-order chi connectivity index (χ1) is 10.3. The Bertz CT molecular complexity index is 740. The van der Waals surface area contributed by atoms with E-state index in [1.807, 2.05) is 13.8 Å². The molecule has 3 rings (SSSR count). The van der Waals surface area contributed by atoms with Crippen LogP contribution in [0.1, 0.15) is 38.0 Å². The quantitative estimate of drug-likeness (QED) is 0.755. The molecule has 0 spiro atoms. The minimum Gasteiger partial charge on any atom is -0.349 e. The third-order valence-electron chi connectivity index (χ3n) is 3.78. The van der Waals surface area contributed by atoms with Crippen LogP contribution in [0, 0.1) is 0 Å². The highest BCUT2D eigenvalue weighted by atomic mass is 31.2. The zero-order valence-electron chi connectivity index (χ0n) is 12.1. The first kappa shape index (κ1) is 15.6. The summed E-state index contributed by atoms with van der Waals surface area (Å²) < 4.78 is 28.0. The molecule has 0 radical (unpaired) electrons. The Labute approximate surface area is 125 Å². The van der Waals surface area contributed by atoms with E-state index < -0.39 is 37.5 Å². The molecular weight excluding hydrogens is 315 g/mol. The average Bonchev–Trinajstić information content (AvgIpc) is 2.79. The number of phosphoric acid groups is 1. The lowest BCUT2D eigenvalue weighted by atomic mass is 10.1. The van der Waals surface area contributed by atoms with Crippen LogP contribution in [0.15, 0.2) is 15.8 Å². The number of aromatic amines is 1. The Kier molecular flexibility index (Phi) is 3.86. The summed E-state index contributed by atoms with van der Waals surface area (Å²) in [6.45, 7) is 3.60. The van der Waals surface area contributed by atoms with Crippen molar-refractivity contribution in [2.24, 2.45) is 0 Å². The van der Waals surface area contributed by atoms with Gasteiger partial charge in [0.25, 0.3) is 5.56 Å². The van der Waals surface area contributed by atoms with Crippen LogP contribution < -0.4 is 11.2 Å². The molecule has 2 fully saturated rings. The van der Waals surface area contributed by atoms with Gasteiger partial charge in [-0.3, -0.25) is 23.4 Å². The van der Waals surface area contributed by atoms with Crippen molar-refractivity contribution in [1.82, 2.24) is 9.55 Å². The number of ether oxygens (including phenoxy) is 1. The van der Waals surface area contributed by atoms with Crippen molar-refractivity contribution >= 4 is 7.82 Å². The second kappa shape index (κ2) is 5.43. The molecule has 4 atom stereocenters. The molecule has 22 heavy (non-hydrogen) atoms. The van der Waals surface area contributed by atoms with E-state index in [4.69, 9.17) is 13.8 Å². The first-order valence-electron chi connectivity index (χ1n) is 6.93. The van der Waals surface area contributed by atoms with Gasteiger partial charge in [-0.25, -0.2) is 9.36 Å². The normalized spacial score (nSPS) is 34.8. The molecule has 2 aliphatic rings. The number of aromatic nitrogens is 2. The Morgan fingerprint density at radius 3 is 2.82 bits per heavy atom. The van der Waals surface area contributed by atoms with Crippen molar-refractivity contribution < 1.29 is 23.2 Å². The molecule has 1 aromatic heterocycles. The van der Waals surface area contributed by atoms with Gasteiger partial charge in [0, 0.05) is 18.2 Å². The summed E-state index contributed by atoms with van der Waals surface area (Å²) in [7, 11) is -4.04. The van der Waals surface area contributed by atoms with Gasteiger partial charge in [0.2, 0.25) is 0 Å². The third kappa shape index (κ3) is 2.82. The minimum atomic E-state index is -4.04. The zero-order chi connectivity index (χ0) is 16.1. The van der Waals surface area contributed by atoms with E-state index in [9.17, 15) is 19.0 Å². The zero-order valence-corrected chi connectivity index (χ0v) is 13.0. The van der Waals surface area contributed by atoms with Crippen LogP contribution in [0.2, 0.25) is 0 Å². The Morgan fingerprint density at radius 2 is 2.14 bits per heavy atom. The molecule has 2 aliphatic heterocycles. The molecule has 10 heteroatoms. The van der Waals surface area contributed by atoms with E-state index in [1.165, 1.54) is 10.8 Å². The maximum atomic E-state index is 12.0. The number of H-pyrrole nitrogens is 1. The summed E-state index contributed by atoms with van der Waals surface area (Å²) in [6.07, 6.45) is -0.148. The highest BCUT2D eigenvalue weighted by Crippen LogP contribution is 2.52. The lowest BCUT2D eigenvalue weighted by Crippen LogP contribution is -2.34. The molecule has 122 valence electrons. The van der Waals surface area contributed by atoms with Crippen LogP contribution >= 0.6 is 7.82 Å². The van der Waals surface area contributed by atoms with Gasteiger partial charge >= 0.3 is 13.5 Å². The molecule has 9 nitrogen and oxygen atoms in total. The minimum absolute atomic E-state index is 0.0588. The van der Waals surface area contributed by atoms with Crippen molar-refractivity contribution in [2.75, 3.05) is 6.61 Å². The first-order valence-corrected chi connectivity index (χ1v) is 8.43. The van der Waals surface area contributed by atoms with Crippen LogP contribution in [0.5, 0.6) is 0 Å². The fraction of sp³-hybridized carbons (Fsp3) is 0.667. The largest absolute Gasteiger partial charge is 0.472 e. The summed E-state index contributed by atoms with van der Waals surface area (Å²) >= 11 is 0. The number of hydrogen-bond donors (Lipinski definition) is 2. The second-order valence-corrected chi connectivity index (χ2v) is 7.08. The van der Waals surface area contributed by atoms with Gasteiger partial charge in [0.05, 0.1) is 6.61 Å². The van der Waals surface area contributed by atoms with Crippen LogP contribution in [0.3, 0.4) is 0 Å². The fourth-order valence-electron chi connectivity index (χ4n) is 2.63. The van der Waals surface area contributed by atoms with Crippen molar-refractivity contribution in [2.45, 2.75) is 44.6 Å². The highest BCUT2D eigenvalue weighted by molar-refractivity contribution is 7.47. The van der Waals surface area contributed by atoms with Crippen molar-refractivity contribution in [3.05, 3.63) is 32.6 Å². The van der Waals surface area contributed by atoms with Crippen LogP contribution in [-0.2, 0) is 18.3 Å². The molecule has 0 aromatic carbocycles. The van der Waals surface area contributed by atoms with Crippen LogP contribution in [0.25, 0.3) is 0 Å². The van der Waals surface area contributed by atoms with E-state index in [0.29, 0.717) is 5.56 Å². The predicted octanol–water partition coefficient (Wildman–Crippen LogP) is 0.463. The summed E-state index contributed by atoms with van der Waals surface area (Å²) in [5.74, 6) is -0.0588. The Balaban J connectivity index is 1.90. The summed E-state index contributed by atoms with van der Waals surface area (Å²) in [4.78, 5) is 35.3. The molecule has 2 N–H and O–H groups in total. The molecule has 3 unspecified atom stereocenters. The van der Waals surface area contributed by atoms with Crippen molar-refractivity contribution in [1.29, 1.82) is 0 Å². The molecule has 0 aliphatic carbocycles. The maximum Gasteiger partial charge on any atom is 0.472 e. The number of rotatable bonds is 2. The molecular formula is C12H17N2O7P. The molecule has 3 heterocycles. The van der Waals surface area contributed by atoms with Gasteiger partial charge in [-0.15, -0.1) is 0 Å². The van der Waals surface area contributed by atoms with E-state index in [-0.39, 0.29) is 18.9 Å². The van der Waals surface area contributed by atoms with E-state index >= 15 is 0 Å². The van der Waals surface area contributed by atoms with E-state index in [1.54, 1.807) is 0 Å². The van der Waals surface area contributed by atoms with Gasteiger partial charge < -0.3 is 9.63 Å². The standard InChI is InChI=1S/C12H17N2O7P/c1-6(2)7-4-14(12(16)13-11(7)15)10-3-8-9(20-10)5-19-22(17,18)21-8/h4,6,8-10H,3,5H2,1-2H3,(H,17,18)(H,13,15,16)/t8?,9?,10-/m1/s1. The summed E-state index contributed by atoms with van der Waals surface area (Å²) in [5.41, 5.74) is -0.555. The van der Waals surface area contributed by atoms with Crippen molar-refractivity contribution in [3.8, 4) is 0 Å². The lowest BCUT2D eigenvalue weighted by molar-refractivity contribution is -0.0680. The van der Waals surface area contributed by atoms with Crippen molar-refractivity contribution in [3.63, 3.8) is 0 Å². The predicted molar refractivity (Wildman–Crippen MR) is 74.6 cm³/mol. The fourth-order valence-corrected chi connectivity index (χ4v) is 3.59. The number of hydrogen-bond acceptors (Lipinski definition) is 6. The monoisotopic (exact) mass is 332 g/mol. The summed E-state index contributed by atoms with van der Waals surface area (Å²) in [5, 5.41) is 0. The third-order valence-corrected chi connectivity index (χ3v) is 4.79. The molecule has 0 bridgehead atoms. The van der Waals surface area contributed by atoms with E-state index in [2.05, 4.69) is 4.98 Å². The summed E-state index contributed by atoms with van der Waals surface area (Å²) in [6, 6.07) is 0. The van der Waals surface area contributed by atoms with Gasteiger partial charge in [0.1, 0.15) is 18.4 Å². The van der Waals surface area contributed by atoms with Crippen LogP contribution in [0.4, 0.5) is 0 Å². The molecule has 0 amide bonds. The maximum absolute atomic E-state index is 12.0. The van der Waals surface area contributed by atoms with Gasteiger partial charge in [0.15, 0.2) is 0 Å². The Morgan fingerprint density at radius 1 is 1.41 bits per heavy atom. The number of fused-ring (bicyclic) bond motifs is 1. The topological polar surface area (TPSA) is 120 Å². The Hall–Kier alpha value is -1.25. The number of nitrogens with zero attached hydrogens (tertiary/aromatic N) is 1. The molecule has 0 saturated carbocycles. The van der Waals surface area contributed by atoms with E-state index in [0.717, 1.165) is 0 Å². The second-order valence-electron chi connectivity index (χ2n) is 5.68. The van der Waals surface area contributed by atoms with Gasteiger partial charge in [-0.05, 0) is 5.92 Å². The lowest BCUT2D eigenvalue weighted by Gasteiger charge is -2.26. The van der Waals surface area contributed by atoms with Gasteiger partial charge in [-0.1, -0.05) is 13.8 Å². The van der Waals surface area contributed by atoms with Crippen LogP contribution in [-0.4, -0.2) is 33.3 Å². The highest BCUT2D eigenvalue weighted by Gasteiger charge is 2.46. The average molecular weight is 332 g/mol. The SMILES string of the molecule is CC(C)c1cn([C@H]2CC3OP(=O)(O)OCC3O2)c(=O)[nH]c1=O. The smallest absolute Gasteiger partial charge is 0.349 e. The number of nitrogens with one attached hydrogen (secondary N) is 1. The molecule has 1 aromatic rings. The number of phosphoric ester groups is 1.